The van der Waals surface area contributed by atoms with Crippen molar-refractivity contribution in [3.63, 3.8) is 0 Å². The van der Waals surface area contributed by atoms with Gasteiger partial charge in [0.25, 0.3) is 0 Å². The summed E-state index contributed by atoms with van der Waals surface area (Å²) in [7, 11) is 0. The number of carbonyl (C=O) groups is 2. The number of hydrogen-bond donors (Lipinski definition) is 0. The van der Waals surface area contributed by atoms with Crippen molar-refractivity contribution < 1.29 is 9.59 Å². The molecule has 0 saturated carbocycles. The lowest BCUT2D eigenvalue weighted by Gasteiger charge is -2.33. The van der Waals surface area contributed by atoms with E-state index in [-0.39, 0.29) is 22.5 Å². The maximum Gasteiger partial charge on any atom is 0.223 e. The van der Waals surface area contributed by atoms with Crippen LogP contribution in [0.1, 0.15) is 46.1 Å². The third-order valence-corrected chi connectivity index (χ3v) is 5.70. The Bertz CT molecular complexity index is 556. The molecule has 23 heavy (non-hydrogen) atoms. The van der Waals surface area contributed by atoms with Crippen LogP contribution in [0.5, 0.6) is 0 Å². The molecule has 2 atom stereocenters. The fraction of sp³-hybridized carbons (Fsp3) is 0.579. The average molecular weight is 333 g/mol. The van der Waals surface area contributed by atoms with Crippen molar-refractivity contribution in [2.75, 3.05) is 12.3 Å². The second-order valence-electron chi connectivity index (χ2n) is 7.22. The van der Waals surface area contributed by atoms with Gasteiger partial charge in [0.1, 0.15) is 0 Å². The highest BCUT2D eigenvalue weighted by molar-refractivity contribution is 8.13. The normalized spacial score (nSPS) is 19.9. The fourth-order valence-electron chi connectivity index (χ4n) is 3.44. The Kier molecular flexibility index (Phi) is 5.90. The van der Waals surface area contributed by atoms with E-state index in [0.717, 1.165) is 18.7 Å². The monoisotopic (exact) mass is 333 g/mol. The van der Waals surface area contributed by atoms with Gasteiger partial charge in [0.05, 0.1) is 0 Å². The molecule has 0 radical (unpaired) electrons. The summed E-state index contributed by atoms with van der Waals surface area (Å²) in [5, 5.41) is 0.133. The van der Waals surface area contributed by atoms with Crippen LogP contribution in [0.2, 0.25) is 0 Å². The lowest BCUT2D eigenvalue weighted by atomic mass is 9.79. The number of hydrogen-bond acceptors (Lipinski definition) is 3. The van der Waals surface area contributed by atoms with Crippen LogP contribution < -0.4 is 0 Å². The van der Waals surface area contributed by atoms with Crippen LogP contribution in [-0.2, 0) is 15.0 Å². The second-order valence-corrected chi connectivity index (χ2v) is 8.42. The van der Waals surface area contributed by atoms with E-state index in [1.807, 2.05) is 11.0 Å². The van der Waals surface area contributed by atoms with E-state index < -0.39 is 0 Å². The molecule has 0 bridgehead atoms. The molecule has 0 spiro atoms. The molecule has 1 saturated heterocycles. The first-order chi connectivity index (χ1) is 10.8. The standard InChI is InChI=1S/C19H27NO2S/c1-14(11-19(3,4)17-8-6-5-7-9-17)20-12-16(10-18(20)22)13-23-15(2)21/h5-9,14,16H,10-13H2,1-4H3. The van der Waals surface area contributed by atoms with Crippen molar-refractivity contribution in [2.24, 2.45) is 5.92 Å². The molecule has 2 unspecified atom stereocenters. The summed E-state index contributed by atoms with van der Waals surface area (Å²) in [5.74, 6) is 1.29. The summed E-state index contributed by atoms with van der Waals surface area (Å²) in [6.45, 7) is 8.99. The molecule has 2 rings (SSSR count). The van der Waals surface area contributed by atoms with Gasteiger partial charge in [-0.15, -0.1) is 0 Å². The summed E-state index contributed by atoms with van der Waals surface area (Å²) in [4.78, 5) is 25.4. The van der Waals surface area contributed by atoms with Crippen LogP contribution in [0.4, 0.5) is 0 Å². The van der Waals surface area contributed by atoms with Gasteiger partial charge < -0.3 is 4.90 Å². The average Bonchev–Trinajstić information content (AvgIpc) is 2.87. The highest BCUT2D eigenvalue weighted by Crippen LogP contribution is 2.32. The van der Waals surface area contributed by atoms with Gasteiger partial charge in [0.2, 0.25) is 5.91 Å². The molecule has 1 fully saturated rings. The molecule has 0 aromatic heterocycles. The maximum atomic E-state index is 12.3. The van der Waals surface area contributed by atoms with E-state index in [1.54, 1.807) is 6.92 Å². The van der Waals surface area contributed by atoms with Crippen molar-refractivity contribution >= 4 is 22.8 Å². The number of benzene rings is 1. The predicted octanol–water partition coefficient (Wildman–Crippen LogP) is 3.87. The number of nitrogens with zero attached hydrogens (tertiary/aromatic N) is 1. The summed E-state index contributed by atoms with van der Waals surface area (Å²) in [6.07, 6.45) is 1.52. The lowest BCUT2D eigenvalue weighted by molar-refractivity contribution is -0.129. The molecular weight excluding hydrogens is 306 g/mol. The molecule has 1 aromatic carbocycles. The number of thioether (sulfide) groups is 1. The Labute approximate surface area is 143 Å². The zero-order valence-corrected chi connectivity index (χ0v) is 15.4. The van der Waals surface area contributed by atoms with Crippen molar-refractivity contribution in [2.45, 2.75) is 52.0 Å². The van der Waals surface area contributed by atoms with Crippen molar-refractivity contribution in [3.8, 4) is 0 Å². The molecule has 0 aliphatic carbocycles. The Morgan fingerprint density at radius 1 is 1.35 bits per heavy atom. The molecule has 1 heterocycles. The van der Waals surface area contributed by atoms with Crippen LogP contribution in [0.3, 0.4) is 0 Å². The van der Waals surface area contributed by atoms with Gasteiger partial charge in [0.15, 0.2) is 5.12 Å². The minimum atomic E-state index is 0.0349. The van der Waals surface area contributed by atoms with Gasteiger partial charge >= 0.3 is 0 Å². The molecule has 0 N–H and O–H groups in total. The van der Waals surface area contributed by atoms with Gasteiger partial charge in [-0.1, -0.05) is 55.9 Å². The highest BCUT2D eigenvalue weighted by atomic mass is 32.2. The van der Waals surface area contributed by atoms with Gasteiger partial charge in [-0.25, -0.2) is 0 Å². The summed E-state index contributed by atoms with van der Waals surface area (Å²) < 4.78 is 0. The Hall–Kier alpha value is -1.29. The smallest absolute Gasteiger partial charge is 0.223 e. The second kappa shape index (κ2) is 7.52. The van der Waals surface area contributed by atoms with Crippen LogP contribution >= 0.6 is 11.8 Å². The van der Waals surface area contributed by atoms with E-state index in [4.69, 9.17) is 0 Å². The number of likely N-dealkylation sites (tertiary alicyclic amines) is 1. The quantitative estimate of drug-likeness (QED) is 0.793. The Balaban J connectivity index is 1.96. The van der Waals surface area contributed by atoms with Gasteiger partial charge in [-0.05, 0) is 30.2 Å². The van der Waals surface area contributed by atoms with Crippen LogP contribution in [0, 0.1) is 5.92 Å². The SMILES string of the molecule is CC(=O)SCC1CC(=O)N(C(C)CC(C)(C)c2ccccc2)C1. The molecule has 1 amide bonds. The first-order valence-electron chi connectivity index (χ1n) is 8.28. The molecule has 4 heteroatoms. The zero-order chi connectivity index (χ0) is 17.0. The van der Waals surface area contributed by atoms with E-state index in [2.05, 4.69) is 45.0 Å². The van der Waals surface area contributed by atoms with Crippen molar-refractivity contribution in [1.29, 1.82) is 0 Å². The van der Waals surface area contributed by atoms with Gasteiger partial charge in [-0.2, -0.15) is 0 Å². The van der Waals surface area contributed by atoms with Gasteiger partial charge in [0, 0.05) is 31.7 Å². The summed E-state index contributed by atoms with van der Waals surface area (Å²) in [6, 6.07) is 10.7. The molecule has 1 aliphatic heterocycles. The zero-order valence-electron chi connectivity index (χ0n) is 14.5. The van der Waals surface area contributed by atoms with Gasteiger partial charge in [-0.3, -0.25) is 9.59 Å². The summed E-state index contributed by atoms with van der Waals surface area (Å²) in [5.41, 5.74) is 1.34. The molecule has 1 aromatic rings. The third-order valence-electron chi connectivity index (χ3n) is 4.65. The largest absolute Gasteiger partial charge is 0.340 e. The predicted molar refractivity (Wildman–Crippen MR) is 96.5 cm³/mol. The van der Waals surface area contributed by atoms with Crippen LogP contribution in [0.25, 0.3) is 0 Å². The van der Waals surface area contributed by atoms with E-state index >= 15 is 0 Å². The van der Waals surface area contributed by atoms with E-state index in [9.17, 15) is 9.59 Å². The van der Waals surface area contributed by atoms with Crippen molar-refractivity contribution in [1.82, 2.24) is 4.90 Å². The maximum absolute atomic E-state index is 12.3. The van der Waals surface area contributed by atoms with Crippen LogP contribution in [-0.4, -0.2) is 34.3 Å². The van der Waals surface area contributed by atoms with Crippen LogP contribution in [0.15, 0.2) is 30.3 Å². The van der Waals surface area contributed by atoms with E-state index in [0.29, 0.717) is 12.3 Å². The molecule has 3 nitrogen and oxygen atoms in total. The number of rotatable bonds is 6. The first kappa shape index (κ1) is 18.1. The highest BCUT2D eigenvalue weighted by Gasteiger charge is 2.35. The summed E-state index contributed by atoms with van der Waals surface area (Å²) >= 11 is 1.34. The molecular formula is C19H27NO2S. The molecule has 1 aliphatic rings. The lowest BCUT2D eigenvalue weighted by Crippen LogP contribution is -2.38. The first-order valence-corrected chi connectivity index (χ1v) is 9.26. The minimum Gasteiger partial charge on any atom is -0.340 e. The fourth-order valence-corrected chi connectivity index (χ4v) is 4.13. The third kappa shape index (κ3) is 4.84. The number of amides is 1. The molecule has 126 valence electrons. The number of carbonyl (C=O) groups excluding carboxylic acids is 2. The van der Waals surface area contributed by atoms with E-state index in [1.165, 1.54) is 17.3 Å². The van der Waals surface area contributed by atoms with Crippen molar-refractivity contribution in [3.05, 3.63) is 35.9 Å². The Morgan fingerprint density at radius 3 is 2.61 bits per heavy atom. The Morgan fingerprint density at radius 2 is 2.00 bits per heavy atom. The topological polar surface area (TPSA) is 37.4 Å². The minimum absolute atomic E-state index is 0.0349.